The number of aliphatic imine (C=N–C) groups is 1. The van der Waals surface area contributed by atoms with Gasteiger partial charge in [0.1, 0.15) is 6.54 Å². The molecule has 0 bridgehead atoms. The lowest BCUT2D eigenvalue weighted by atomic mass is 10.1. The molecule has 1 unspecified atom stereocenters. The van der Waals surface area contributed by atoms with Gasteiger partial charge in [-0.25, -0.2) is 4.99 Å². The third-order valence-electron chi connectivity index (χ3n) is 4.48. The molecular weight excluding hydrogens is 326 g/mol. The molecule has 0 aliphatic carbocycles. The molecule has 6 nitrogen and oxygen atoms in total. The van der Waals surface area contributed by atoms with Crippen LogP contribution in [0.15, 0.2) is 41.9 Å². The number of nitrogens with zero attached hydrogens (tertiary/aromatic N) is 3. The summed E-state index contributed by atoms with van der Waals surface area (Å²) in [5, 5.41) is 6.56. The molecule has 1 amide bonds. The van der Waals surface area contributed by atoms with E-state index in [4.69, 9.17) is 0 Å². The van der Waals surface area contributed by atoms with Crippen LogP contribution in [0.2, 0.25) is 0 Å². The number of benzene rings is 1. The van der Waals surface area contributed by atoms with Crippen LogP contribution in [0.4, 0.5) is 5.69 Å². The summed E-state index contributed by atoms with van der Waals surface area (Å²) in [6, 6.07) is 8.70. The zero-order valence-corrected chi connectivity index (χ0v) is 16.2. The van der Waals surface area contributed by atoms with Crippen LogP contribution in [0.5, 0.6) is 0 Å². The lowest BCUT2D eigenvalue weighted by Crippen LogP contribution is -2.40. The van der Waals surface area contributed by atoms with Gasteiger partial charge in [-0.2, -0.15) is 0 Å². The highest BCUT2D eigenvalue weighted by Gasteiger charge is 2.14. The van der Waals surface area contributed by atoms with Gasteiger partial charge in [0, 0.05) is 39.4 Å². The Labute approximate surface area is 157 Å². The predicted molar refractivity (Wildman–Crippen MR) is 109 cm³/mol. The maximum absolute atomic E-state index is 11.8. The molecule has 26 heavy (non-hydrogen) atoms. The van der Waals surface area contributed by atoms with Crippen molar-refractivity contribution in [2.45, 2.75) is 25.8 Å². The van der Waals surface area contributed by atoms with Crippen LogP contribution in [-0.4, -0.2) is 57.0 Å². The van der Waals surface area contributed by atoms with Crippen LogP contribution in [0, 0.1) is 0 Å². The Morgan fingerprint density at radius 1 is 1.38 bits per heavy atom. The van der Waals surface area contributed by atoms with Gasteiger partial charge in [-0.05, 0) is 37.5 Å². The number of nitrogens with one attached hydrogen (secondary N) is 2. The fraction of sp³-hybridized carbons (Fsp3) is 0.500. The summed E-state index contributed by atoms with van der Waals surface area (Å²) in [7, 11) is 3.46. The van der Waals surface area contributed by atoms with Crippen molar-refractivity contribution in [3.63, 3.8) is 0 Å². The number of rotatable bonds is 7. The SMILES string of the molecule is C=CCNC(=NCC(=O)N(C)C)NC(C)c1cccc(N2CCCC2)c1. The van der Waals surface area contributed by atoms with Crippen LogP contribution >= 0.6 is 0 Å². The highest BCUT2D eigenvalue weighted by atomic mass is 16.2. The van der Waals surface area contributed by atoms with Crippen molar-refractivity contribution in [1.82, 2.24) is 15.5 Å². The summed E-state index contributed by atoms with van der Waals surface area (Å²) in [6.45, 7) is 8.78. The van der Waals surface area contributed by atoms with Gasteiger partial charge in [-0.3, -0.25) is 4.79 Å². The van der Waals surface area contributed by atoms with E-state index in [1.807, 2.05) is 0 Å². The minimum atomic E-state index is -0.0339. The average Bonchev–Trinajstić information content (AvgIpc) is 3.18. The van der Waals surface area contributed by atoms with Gasteiger partial charge in [0.2, 0.25) is 5.91 Å². The van der Waals surface area contributed by atoms with Crippen molar-refractivity contribution < 1.29 is 4.79 Å². The van der Waals surface area contributed by atoms with E-state index in [-0.39, 0.29) is 18.5 Å². The summed E-state index contributed by atoms with van der Waals surface area (Å²) in [6.07, 6.45) is 4.30. The van der Waals surface area contributed by atoms with Crippen LogP contribution < -0.4 is 15.5 Å². The number of guanidine groups is 1. The van der Waals surface area contributed by atoms with E-state index in [0.29, 0.717) is 12.5 Å². The first-order chi connectivity index (χ1) is 12.5. The maximum Gasteiger partial charge on any atom is 0.243 e. The van der Waals surface area contributed by atoms with Crippen molar-refractivity contribution in [2.75, 3.05) is 45.2 Å². The molecule has 1 aliphatic rings. The van der Waals surface area contributed by atoms with E-state index >= 15 is 0 Å². The second kappa shape index (κ2) is 9.85. The molecule has 0 saturated carbocycles. The Kier molecular flexibility index (Phi) is 7.51. The molecule has 0 aromatic heterocycles. The molecule has 1 atom stereocenters. The topological polar surface area (TPSA) is 60.0 Å². The molecule has 6 heteroatoms. The first-order valence-electron chi connectivity index (χ1n) is 9.22. The molecule has 0 spiro atoms. The number of carbonyl (C=O) groups is 1. The lowest BCUT2D eigenvalue weighted by molar-refractivity contribution is -0.127. The van der Waals surface area contributed by atoms with Gasteiger partial charge in [0.25, 0.3) is 0 Å². The molecule has 2 rings (SSSR count). The number of amides is 1. The van der Waals surface area contributed by atoms with Crippen LogP contribution in [0.1, 0.15) is 31.4 Å². The van der Waals surface area contributed by atoms with E-state index in [1.165, 1.54) is 29.0 Å². The largest absolute Gasteiger partial charge is 0.372 e. The monoisotopic (exact) mass is 357 g/mol. The van der Waals surface area contributed by atoms with E-state index in [0.717, 1.165) is 13.1 Å². The summed E-state index contributed by atoms with van der Waals surface area (Å²) < 4.78 is 0. The molecule has 1 saturated heterocycles. The molecule has 1 aromatic rings. The number of carbonyl (C=O) groups excluding carboxylic acids is 1. The molecule has 2 N–H and O–H groups in total. The predicted octanol–water partition coefficient (Wildman–Crippen LogP) is 2.16. The van der Waals surface area contributed by atoms with Crippen molar-refractivity contribution in [1.29, 1.82) is 0 Å². The maximum atomic E-state index is 11.8. The van der Waals surface area contributed by atoms with Crippen LogP contribution in [0.25, 0.3) is 0 Å². The Morgan fingerprint density at radius 2 is 2.12 bits per heavy atom. The van der Waals surface area contributed by atoms with Gasteiger partial charge >= 0.3 is 0 Å². The molecule has 1 heterocycles. The fourth-order valence-corrected chi connectivity index (χ4v) is 2.86. The minimum Gasteiger partial charge on any atom is -0.372 e. The summed E-state index contributed by atoms with van der Waals surface area (Å²) in [4.78, 5) is 20.2. The Hall–Kier alpha value is -2.50. The highest BCUT2D eigenvalue weighted by molar-refractivity contribution is 5.85. The third kappa shape index (κ3) is 5.79. The molecular formula is C20H31N5O. The average molecular weight is 358 g/mol. The highest BCUT2D eigenvalue weighted by Crippen LogP contribution is 2.23. The first kappa shape index (κ1) is 19.8. The van der Waals surface area contributed by atoms with Crippen LogP contribution in [-0.2, 0) is 4.79 Å². The molecule has 1 aliphatic heterocycles. The molecule has 1 aromatic carbocycles. The van der Waals surface area contributed by atoms with Crippen LogP contribution in [0.3, 0.4) is 0 Å². The Balaban J connectivity index is 2.06. The third-order valence-corrected chi connectivity index (χ3v) is 4.48. The van der Waals surface area contributed by atoms with Gasteiger partial charge in [-0.1, -0.05) is 18.2 Å². The van der Waals surface area contributed by atoms with Crippen molar-refractivity contribution in [2.24, 2.45) is 4.99 Å². The molecule has 1 fully saturated rings. The number of anilines is 1. The van der Waals surface area contributed by atoms with Crippen molar-refractivity contribution in [3.05, 3.63) is 42.5 Å². The van der Waals surface area contributed by atoms with E-state index in [2.05, 4.69) is 58.3 Å². The zero-order chi connectivity index (χ0) is 18.9. The van der Waals surface area contributed by atoms with E-state index < -0.39 is 0 Å². The lowest BCUT2D eigenvalue weighted by Gasteiger charge is -2.22. The second-order valence-electron chi connectivity index (χ2n) is 6.78. The van der Waals surface area contributed by atoms with Gasteiger partial charge in [-0.15, -0.1) is 6.58 Å². The number of likely N-dealkylation sites (N-methyl/N-ethyl adjacent to an activating group) is 1. The Bertz CT molecular complexity index is 635. The fourth-order valence-electron chi connectivity index (χ4n) is 2.86. The van der Waals surface area contributed by atoms with E-state index in [1.54, 1.807) is 20.2 Å². The number of hydrogen-bond acceptors (Lipinski definition) is 3. The second-order valence-corrected chi connectivity index (χ2v) is 6.78. The molecule has 142 valence electrons. The zero-order valence-electron chi connectivity index (χ0n) is 16.2. The van der Waals surface area contributed by atoms with Gasteiger partial charge in [0.15, 0.2) is 5.96 Å². The Morgan fingerprint density at radius 3 is 2.77 bits per heavy atom. The summed E-state index contributed by atoms with van der Waals surface area (Å²) in [5.41, 5.74) is 2.47. The van der Waals surface area contributed by atoms with Gasteiger partial charge < -0.3 is 20.4 Å². The van der Waals surface area contributed by atoms with Crippen molar-refractivity contribution in [3.8, 4) is 0 Å². The first-order valence-corrected chi connectivity index (χ1v) is 9.22. The molecule has 0 radical (unpaired) electrons. The summed E-state index contributed by atoms with van der Waals surface area (Å²) >= 11 is 0. The number of hydrogen-bond donors (Lipinski definition) is 2. The van der Waals surface area contributed by atoms with E-state index in [9.17, 15) is 4.79 Å². The summed E-state index contributed by atoms with van der Waals surface area (Å²) in [5.74, 6) is 0.576. The minimum absolute atomic E-state index is 0.0339. The standard InChI is InChI=1S/C20H31N5O/c1-5-11-21-20(22-15-19(26)24(3)4)23-16(2)17-9-8-10-18(14-17)25-12-6-7-13-25/h5,8-10,14,16H,1,6-7,11-13,15H2,2-4H3,(H2,21,22,23). The van der Waals surface area contributed by atoms with Crippen molar-refractivity contribution >= 4 is 17.6 Å². The van der Waals surface area contributed by atoms with Gasteiger partial charge in [0.05, 0.1) is 6.04 Å². The quantitative estimate of drug-likeness (QED) is 0.446. The normalized spacial score (nSPS) is 15.5. The smallest absolute Gasteiger partial charge is 0.243 e.